The summed E-state index contributed by atoms with van der Waals surface area (Å²) < 4.78 is 0. The van der Waals surface area contributed by atoms with E-state index in [0.29, 0.717) is 12.1 Å². The van der Waals surface area contributed by atoms with Crippen molar-refractivity contribution >= 4 is 0 Å². The second-order valence-corrected chi connectivity index (χ2v) is 3.51. The summed E-state index contributed by atoms with van der Waals surface area (Å²) in [5.74, 6) is 0. The second kappa shape index (κ2) is 9.45. The van der Waals surface area contributed by atoms with Gasteiger partial charge in [-0.1, -0.05) is 6.92 Å². The Balaban J connectivity index is 0. The molecule has 0 aliphatic carbocycles. The third-order valence-corrected chi connectivity index (χ3v) is 1.81. The minimum Gasteiger partial charge on any atom is -0.379 e. The van der Waals surface area contributed by atoms with E-state index in [9.17, 15) is 0 Å². The topological polar surface area (TPSA) is 52.9 Å². The minimum atomic E-state index is 0.694. The smallest absolute Gasteiger partial charge is 0.152 e. The van der Waals surface area contributed by atoms with Gasteiger partial charge in [-0.15, -0.1) is 4.91 Å². The van der Waals surface area contributed by atoms with Gasteiger partial charge in [-0.05, 0) is 40.7 Å². The van der Waals surface area contributed by atoms with Gasteiger partial charge in [0, 0.05) is 12.1 Å². The molecule has 0 spiro atoms. The highest BCUT2D eigenvalue weighted by molar-refractivity contribution is 4.65. The van der Waals surface area contributed by atoms with E-state index in [2.05, 4.69) is 39.5 Å². The fraction of sp³-hybridized carbons (Fsp3) is 1.00. The molecule has 0 amide bonds. The Kier molecular flexibility index (Phi) is 10.8. The van der Waals surface area contributed by atoms with Gasteiger partial charge in [0.05, 0.1) is 0 Å². The molecule has 1 N–H and O–H groups in total. The molecule has 4 heteroatoms. The lowest BCUT2D eigenvalue weighted by Gasteiger charge is -2.29. The van der Waals surface area contributed by atoms with E-state index in [-0.39, 0.29) is 0 Å². The van der Waals surface area contributed by atoms with Crippen molar-refractivity contribution in [2.45, 2.75) is 53.1 Å². The lowest BCUT2D eigenvalue weighted by atomic mass is 10.2. The molecular formula is C9H22N2O2. The van der Waals surface area contributed by atoms with Crippen molar-refractivity contribution in [3.63, 3.8) is 0 Å². The largest absolute Gasteiger partial charge is 0.379 e. The van der Waals surface area contributed by atoms with Crippen LogP contribution < -0.4 is 0 Å². The molecule has 0 heterocycles. The van der Waals surface area contributed by atoms with E-state index in [4.69, 9.17) is 10.1 Å². The molecule has 0 aromatic rings. The Hall–Kier alpha value is -0.640. The molecular weight excluding hydrogens is 168 g/mol. The molecule has 4 nitrogen and oxygen atoms in total. The maximum absolute atomic E-state index is 8.11. The molecule has 0 unspecified atom stereocenters. The van der Waals surface area contributed by atoms with Crippen LogP contribution in [0.3, 0.4) is 0 Å². The summed E-state index contributed by atoms with van der Waals surface area (Å²) in [6.45, 7) is 12.5. The molecule has 0 aliphatic heterocycles. The molecule has 0 fully saturated rings. The van der Waals surface area contributed by atoms with E-state index < -0.39 is 0 Å². The fourth-order valence-corrected chi connectivity index (χ4v) is 1.37. The molecule has 0 atom stereocenters. The highest BCUT2D eigenvalue weighted by Gasteiger charge is 2.10. The standard InChI is InChI=1S/C9H21N.HNO2/c1-6-7-10(8(2)3)9(4)5;2-1-3/h8-9H,6-7H2,1-5H3;(H,2,3). The van der Waals surface area contributed by atoms with E-state index in [0.717, 1.165) is 0 Å². The summed E-state index contributed by atoms with van der Waals surface area (Å²) >= 11 is 0. The molecule has 0 bridgehead atoms. The third-order valence-electron chi connectivity index (χ3n) is 1.81. The van der Waals surface area contributed by atoms with Crippen LogP contribution in [0.4, 0.5) is 0 Å². The zero-order chi connectivity index (χ0) is 10.9. The van der Waals surface area contributed by atoms with Gasteiger partial charge in [0.25, 0.3) is 0 Å². The van der Waals surface area contributed by atoms with Gasteiger partial charge in [0.1, 0.15) is 0 Å². The van der Waals surface area contributed by atoms with E-state index in [1.54, 1.807) is 0 Å². The fourth-order valence-electron chi connectivity index (χ4n) is 1.37. The van der Waals surface area contributed by atoms with Crippen molar-refractivity contribution in [1.29, 1.82) is 0 Å². The van der Waals surface area contributed by atoms with Crippen molar-refractivity contribution in [3.8, 4) is 0 Å². The molecule has 0 aromatic heterocycles. The monoisotopic (exact) mass is 190 g/mol. The quantitative estimate of drug-likeness (QED) is 0.547. The molecule has 0 rings (SSSR count). The summed E-state index contributed by atoms with van der Waals surface area (Å²) in [7, 11) is 0. The second-order valence-electron chi connectivity index (χ2n) is 3.51. The zero-order valence-electron chi connectivity index (χ0n) is 9.32. The van der Waals surface area contributed by atoms with Crippen molar-refractivity contribution in [2.24, 2.45) is 5.34 Å². The molecule has 0 saturated heterocycles. The normalized spacial score (nSPS) is 10.2. The average Bonchev–Trinajstić information content (AvgIpc) is 2.00. The lowest BCUT2D eigenvalue weighted by Crippen LogP contribution is -2.37. The van der Waals surface area contributed by atoms with E-state index in [1.807, 2.05) is 0 Å². The van der Waals surface area contributed by atoms with Gasteiger partial charge in [-0.3, -0.25) is 4.90 Å². The minimum absolute atomic E-state index is 0.694. The summed E-state index contributed by atoms with van der Waals surface area (Å²) in [4.78, 5) is 10.6. The Morgan fingerprint density at radius 1 is 1.23 bits per heavy atom. The maximum atomic E-state index is 8.11. The maximum Gasteiger partial charge on any atom is 0.152 e. The van der Waals surface area contributed by atoms with Crippen LogP contribution >= 0.6 is 0 Å². The molecule has 80 valence electrons. The van der Waals surface area contributed by atoms with Gasteiger partial charge in [0.15, 0.2) is 5.34 Å². The molecule has 0 aliphatic rings. The Morgan fingerprint density at radius 3 is 1.62 bits per heavy atom. The number of hydrogen-bond donors (Lipinski definition) is 1. The summed E-state index contributed by atoms with van der Waals surface area (Å²) in [5.41, 5.74) is 0. The number of hydrogen-bond acceptors (Lipinski definition) is 3. The Bertz CT molecular complexity index is 108. The lowest BCUT2D eigenvalue weighted by molar-refractivity contribution is 0.175. The molecule has 0 radical (unpaired) electrons. The Labute approximate surface area is 80.9 Å². The van der Waals surface area contributed by atoms with Crippen molar-refractivity contribution in [1.82, 2.24) is 4.90 Å². The molecule has 13 heavy (non-hydrogen) atoms. The van der Waals surface area contributed by atoms with Crippen LogP contribution in [0.2, 0.25) is 0 Å². The van der Waals surface area contributed by atoms with Crippen molar-refractivity contribution < 1.29 is 5.21 Å². The van der Waals surface area contributed by atoms with E-state index >= 15 is 0 Å². The predicted molar refractivity (Wildman–Crippen MR) is 54.9 cm³/mol. The van der Waals surface area contributed by atoms with Gasteiger partial charge in [-0.25, -0.2) is 0 Å². The first-order chi connectivity index (χ1) is 6.01. The van der Waals surface area contributed by atoms with Gasteiger partial charge in [-0.2, -0.15) is 0 Å². The molecule has 0 aromatic carbocycles. The van der Waals surface area contributed by atoms with Crippen LogP contribution in [0.15, 0.2) is 5.34 Å². The summed E-state index contributed by atoms with van der Waals surface area (Å²) in [6.07, 6.45) is 1.26. The van der Waals surface area contributed by atoms with E-state index in [1.165, 1.54) is 18.3 Å². The van der Waals surface area contributed by atoms with Crippen LogP contribution in [0.1, 0.15) is 41.0 Å². The number of rotatable bonds is 4. The zero-order valence-corrected chi connectivity index (χ0v) is 9.32. The first-order valence-electron chi connectivity index (χ1n) is 4.73. The SMILES string of the molecule is CCCN(C(C)C)C(C)C.O=NO. The van der Waals surface area contributed by atoms with Crippen LogP contribution in [0.25, 0.3) is 0 Å². The highest BCUT2D eigenvalue weighted by atomic mass is 16.6. The number of nitrogens with zero attached hydrogens (tertiary/aromatic N) is 2. The highest BCUT2D eigenvalue weighted by Crippen LogP contribution is 2.04. The molecule has 0 saturated carbocycles. The van der Waals surface area contributed by atoms with Crippen LogP contribution in [-0.2, 0) is 0 Å². The van der Waals surface area contributed by atoms with Crippen LogP contribution in [0.5, 0.6) is 0 Å². The van der Waals surface area contributed by atoms with Gasteiger partial charge >= 0.3 is 0 Å². The average molecular weight is 190 g/mol. The summed E-state index contributed by atoms with van der Waals surface area (Å²) in [5, 5.41) is 7.89. The summed E-state index contributed by atoms with van der Waals surface area (Å²) in [6, 6.07) is 1.39. The van der Waals surface area contributed by atoms with Crippen LogP contribution in [0, 0.1) is 4.91 Å². The Morgan fingerprint density at radius 2 is 1.54 bits per heavy atom. The van der Waals surface area contributed by atoms with Crippen molar-refractivity contribution in [2.75, 3.05) is 6.54 Å². The first kappa shape index (κ1) is 14.9. The van der Waals surface area contributed by atoms with Gasteiger partial charge < -0.3 is 5.21 Å². The first-order valence-corrected chi connectivity index (χ1v) is 4.73. The van der Waals surface area contributed by atoms with Gasteiger partial charge in [0.2, 0.25) is 0 Å². The van der Waals surface area contributed by atoms with Crippen molar-refractivity contribution in [3.05, 3.63) is 4.91 Å². The van der Waals surface area contributed by atoms with Crippen LogP contribution in [-0.4, -0.2) is 28.7 Å². The predicted octanol–water partition coefficient (Wildman–Crippen LogP) is 2.66. The third kappa shape index (κ3) is 9.27.